The first kappa shape index (κ1) is 46.1. The van der Waals surface area contributed by atoms with E-state index in [1.807, 2.05) is 0 Å². The van der Waals surface area contributed by atoms with Crippen LogP contribution in [0.1, 0.15) is 135 Å². The van der Waals surface area contributed by atoms with Crippen molar-refractivity contribution in [2.24, 2.45) is 0 Å². The van der Waals surface area contributed by atoms with E-state index in [1.165, 1.54) is 163 Å². The maximum atomic E-state index is 2.67. The lowest BCUT2D eigenvalue weighted by Crippen LogP contribution is -2.30. The third-order valence-electron chi connectivity index (χ3n) is 19.3. The van der Waals surface area contributed by atoms with Gasteiger partial charge < -0.3 is 9.13 Å². The highest BCUT2D eigenvalue weighted by Crippen LogP contribution is 2.51. The fourth-order valence-electron chi connectivity index (χ4n) is 14.6. The molecular formula is C73H68N2. The quantitative estimate of drug-likeness (QED) is 0.115. The zero-order valence-corrected chi connectivity index (χ0v) is 44.4. The molecule has 1 fully saturated rings. The highest BCUT2D eigenvalue weighted by atomic mass is 15.0. The molecule has 2 heterocycles. The number of rotatable bonds is 12. The Morgan fingerprint density at radius 2 is 1.07 bits per heavy atom. The van der Waals surface area contributed by atoms with E-state index in [9.17, 15) is 0 Å². The summed E-state index contributed by atoms with van der Waals surface area (Å²) in [4.78, 5) is 0. The van der Waals surface area contributed by atoms with Crippen molar-refractivity contribution < 1.29 is 0 Å². The van der Waals surface area contributed by atoms with Crippen LogP contribution < -0.4 is 0 Å². The third-order valence-corrected chi connectivity index (χ3v) is 19.3. The first-order chi connectivity index (χ1) is 36.9. The fourth-order valence-corrected chi connectivity index (χ4v) is 14.6. The van der Waals surface area contributed by atoms with E-state index in [0.29, 0.717) is 5.92 Å². The summed E-state index contributed by atoms with van der Waals surface area (Å²) in [5.74, 6) is 0.506. The van der Waals surface area contributed by atoms with Gasteiger partial charge in [-0.1, -0.05) is 193 Å². The van der Waals surface area contributed by atoms with E-state index < -0.39 is 0 Å². The molecule has 11 aromatic rings. The average molecular weight is 973 g/mol. The van der Waals surface area contributed by atoms with Gasteiger partial charge in [0.2, 0.25) is 0 Å². The zero-order chi connectivity index (χ0) is 50.4. The van der Waals surface area contributed by atoms with E-state index >= 15 is 0 Å². The Hall–Kier alpha value is -7.42. The van der Waals surface area contributed by atoms with Gasteiger partial charge in [0.1, 0.15) is 0 Å². The maximum Gasteiger partial charge on any atom is 0.0641 e. The summed E-state index contributed by atoms with van der Waals surface area (Å²) < 4.78 is 5.17. The molecule has 1 saturated carbocycles. The van der Waals surface area contributed by atoms with Gasteiger partial charge >= 0.3 is 0 Å². The second-order valence-corrected chi connectivity index (χ2v) is 22.8. The molecule has 1 unspecified atom stereocenters. The molecule has 370 valence electrons. The normalized spacial score (nSPS) is 15.5. The number of nitrogens with zero attached hydrogens (tertiary/aromatic N) is 2. The minimum absolute atomic E-state index is 0.0784. The Morgan fingerprint density at radius 1 is 0.427 bits per heavy atom. The van der Waals surface area contributed by atoms with Crippen LogP contribution in [0, 0.1) is 0 Å². The predicted molar refractivity (Wildman–Crippen MR) is 318 cm³/mol. The standard InChI is InChI=1S/C73H68N2/c1-5-72(4,56-38-36-49-32-34-53(49)42-56)58-44-55(61-28-19-29-65(69(61)51-22-12-9-13-23-51)73(6-2,7-3)57-39-37-50-33-35-54(50)43-57)46-60(47-58)75-66-30-16-14-26-62(66)63-40-41-68-70(71(63)75)64-27-15-17-31-67(64)74(68)59-25-18-24-52(45-59)48-20-10-8-11-21-48/h8,10-11,14-21,24-31,36-47,51H,5-7,9,12-13,22-23,32-35H2,1-4H3. The average Bonchev–Trinajstić information content (AvgIpc) is 4.00. The molecule has 75 heavy (non-hydrogen) atoms. The molecule has 0 saturated heterocycles. The molecule has 3 aliphatic carbocycles. The summed E-state index contributed by atoms with van der Waals surface area (Å²) in [5.41, 5.74) is 25.9. The van der Waals surface area contributed by atoms with Crippen LogP contribution in [0.4, 0.5) is 0 Å². The van der Waals surface area contributed by atoms with Crippen LogP contribution in [-0.2, 0) is 36.5 Å². The molecule has 2 nitrogen and oxygen atoms in total. The van der Waals surface area contributed by atoms with Gasteiger partial charge in [0.25, 0.3) is 0 Å². The van der Waals surface area contributed by atoms with Crippen LogP contribution >= 0.6 is 0 Å². The summed E-state index contributed by atoms with van der Waals surface area (Å²) in [6.07, 6.45) is 14.3. The van der Waals surface area contributed by atoms with Crippen molar-refractivity contribution in [2.45, 2.75) is 121 Å². The molecular weight excluding hydrogens is 905 g/mol. The van der Waals surface area contributed by atoms with Crippen molar-refractivity contribution >= 4 is 43.6 Å². The largest absolute Gasteiger partial charge is 0.309 e. The maximum absolute atomic E-state index is 2.67. The summed E-state index contributed by atoms with van der Waals surface area (Å²) >= 11 is 0. The lowest BCUT2D eigenvalue weighted by atomic mass is 9.64. The molecule has 0 spiro atoms. The first-order valence-electron chi connectivity index (χ1n) is 28.5. The Kier molecular flexibility index (Phi) is 11.2. The number of hydrogen-bond donors (Lipinski definition) is 0. The van der Waals surface area contributed by atoms with Crippen LogP contribution in [0.5, 0.6) is 0 Å². The fraction of sp³-hybridized carbons (Fsp3) is 0.260. The van der Waals surface area contributed by atoms with Crippen molar-refractivity contribution in [1.29, 1.82) is 0 Å². The monoisotopic (exact) mass is 973 g/mol. The van der Waals surface area contributed by atoms with Gasteiger partial charge in [0.05, 0.1) is 22.1 Å². The first-order valence-corrected chi connectivity index (χ1v) is 28.5. The van der Waals surface area contributed by atoms with Crippen molar-refractivity contribution in [3.8, 4) is 33.6 Å². The van der Waals surface area contributed by atoms with Gasteiger partial charge in [-0.15, -0.1) is 0 Å². The molecule has 0 N–H and O–H groups in total. The van der Waals surface area contributed by atoms with E-state index in [2.05, 4.69) is 225 Å². The van der Waals surface area contributed by atoms with Crippen molar-refractivity contribution in [3.63, 3.8) is 0 Å². The number of para-hydroxylation sites is 2. The molecule has 9 aromatic carbocycles. The Bertz CT molecular complexity index is 4020. The second-order valence-electron chi connectivity index (χ2n) is 22.8. The molecule has 3 aliphatic rings. The molecule has 0 bridgehead atoms. The lowest BCUT2D eigenvalue weighted by molar-refractivity contribution is 0.423. The lowest BCUT2D eigenvalue weighted by Gasteiger charge is -2.39. The molecule has 0 radical (unpaired) electrons. The SMILES string of the molecule is CCC(C)(c1cc(-c2cccc(C(CC)(CC)c3ccc4c(c3)CC4)c2C2CCCCC2)cc(-n2c3ccccc3c3ccc4c(c5ccccc5n4-c4cccc(-c5ccccc5)c4)c32)c1)c1ccc2c(c1)CC2. The van der Waals surface area contributed by atoms with E-state index in [0.717, 1.165) is 19.3 Å². The zero-order valence-electron chi connectivity index (χ0n) is 44.4. The molecule has 2 aromatic heterocycles. The molecule has 2 heteroatoms. The van der Waals surface area contributed by atoms with E-state index in [-0.39, 0.29) is 10.8 Å². The van der Waals surface area contributed by atoms with Crippen molar-refractivity contribution in [1.82, 2.24) is 9.13 Å². The molecule has 0 amide bonds. The smallest absolute Gasteiger partial charge is 0.0641 e. The van der Waals surface area contributed by atoms with Crippen LogP contribution in [0.2, 0.25) is 0 Å². The number of aromatic nitrogens is 2. The Morgan fingerprint density at radius 3 is 1.77 bits per heavy atom. The van der Waals surface area contributed by atoms with Crippen LogP contribution in [0.15, 0.2) is 188 Å². The van der Waals surface area contributed by atoms with Crippen LogP contribution in [0.3, 0.4) is 0 Å². The number of fused-ring (bicyclic) bond motifs is 9. The van der Waals surface area contributed by atoms with Gasteiger partial charge in [-0.2, -0.15) is 0 Å². The van der Waals surface area contributed by atoms with Crippen molar-refractivity contribution in [3.05, 3.63) is 238 Å². The van der Waals surface area contributed by atoms with Gasteiger partial charge in [0.15, 0.2) is 0 Å². The topological polar surface area (TPSA) is 9.86 Å². The molecule has 0 aliphatic heterocycles. The van der Waals surface area contributed by atoms with Crippen molar-refractivity contribution in [2.75, 3.05) is 0 Å². The third kappa shape index (κ3) is 7.19. The van der Waals surface area contributed by atoms with Gasteiger partial charge in [0, 0.05) is 43.7 Å². The summed E-state index contributed by atoms with van der Waals surface area (Å²) in [6.45, 7) is 9.86. The number of hydrogen-bond acceptors (Lipinski definition) is 0. The number of benzene rings is 9. The Labute approximate surface area is 443 Å². The van der Waals surface area contributed by atoms with Crippen LogP contribution in [0.25, 0.3) is 77.2 Å². The highest BCUT2D eigenvalue weighted by molar-refractivity contribution is 6.26. The van der Waals surface area contributed by atoms with Gasteiger partial charge in [-0.3, -0.25) is 0 Å². The van der Waals surface area contributed by atoms with Gasteiger partial charge in [-0.05, 0) is 178 Å². The minimum Gasteiger partial charge on any atom is -0.309 e. The van der Waals surface area contributed by atoms with E-state index in [1.54, 1.807) is 22.3 Å². The summed E-state index contributed by atoms with van der Waals surface area (Å²) in [6, 6.07) is 73.3. The Balaban J connectivity index is 1.07. The summed E-state index contributed by atoms with van der Waals surface area (Å²) in [7, 11) is 0. The predicted octanol–water partition coefficient (Wildman–Crippen LogP) is 19.3. The van der Waals surface area contributed by atoms with Crippen LogP contribution in [-0.4, -0.2) is 9.13 Å². The summed E-state index contributed by atoms with van der Waals surface area (Å²) in [5, 5.41) is 5.12. The number of aryl methyl sites for hydroxylation is 4. The second kappa shape index (κ2) is 18.2. The highest BCUT2D eigenvalue weighted by Gasteiger charge is 2.38. The van der Waals surface area contributed by atoms with E-state index in [4.69, 9.17) is 0 Å². The molecule has 1 atom stereocenters. The molecule has 14 rings (SSSR count). The van der Waals surface area contributed by atoms with Gasteiger partial charge in [-0.25, -0.2) is 0 Å². The minimum atomic E-state index is -0.228.